The molecule has 84 valence electrons. The van der Waals surface area contributed by atoms with Gasteiger partial charge in [-0.1, -0.05) is 30.7 Å². The van der Waals surface area contributed by atoms with E-state index in [-0.39, 0.29) is 12.1 Å². The van der Waals surface area contributed by atoms with Crippen LogP contribution in [0.25, 0.3) is 0 Å². The summed E-state index contributed by atoms with van der Waals surface area (Å²) in [5.74, 6) is -0.301. The van der Waals surface area contributed by atoms with Crippen molar-refractivity contribution in [1.82, 2.24) is 0 Å². The fraction of sp³-hybridized carbons (Fsp3) is 0.462. The number of hydrogen-bond donors (Lipinski definition) is 0. The van der Waals surface area contributed by atoms with E-state index in [2.05, 4.69) is 13.0 Å². The summed E-state index contributed by atoms with van der Waals surface area (Å²) in [6.07, 6.45) is 9.79. The Bertz CT molecular complexity index is 272. The van der Waals surface area contributed by atoms with Gasteiger partial charge in [-0.2, -0.15) is 0 Å². The molecule has 2 heteroatoms. The zero-order valence-corrected chi connectivity index (χ0v) is 9.99. The molecule has 2 nitrogen and oxygen atoms in total. The molecule has 0 saturated carbocycles. The monoisotopic (exact) mass is 208 g/mol. The molecule has 0 aromatic carbocycles. The number of allylic oxidation sites excluding steroid dienone is 4. The quantitative estimate of drug-likeness (QED) is 0.299. The Morgan fingerprint density at radius 3 is 2.60 bits per heavy atom. The number of hydrogen-bond acceptors (Lipinski definition) is 2. The van der Waals surface area contributed by atoms with Crippen LogP contribution in [0.5, 0.6) is 0 Å². The Labute approximate surface area is 92.3 Å². The molecule has 0 saturated heterocycles. The normalized spacial score (nSPS) is 14.8. The third-order valence-corrected chi connectivity index (χ3v) is 1.77. The fourth-order valence-electron chi connectivity index (χ4n) is 1.12. The zero-order valence-electron chi connectivity index (χ0n) is 9.99. The molecule has 0 unspecified atom stereocenters. The maximum Gasteiger partial charge on any atom is 0.331 e. The predicted molar refractivity (Wildman–Crippen MR) is 63.6 cm³/mol. The van der Waals surface area contributed by atoms with E-state index >= 15 is 0 Å². The number of esters is 1. The summed E-state index contributed by atoms with van der Waals surface area (Å²) in [7, 11) is 0. The van der Waals surface area contributed by atoms with Gasteiger partial charge in [0, 0.05) is 6.08 Å². The highest BCUT2D eigenvalue weighted by molar-refractivity contribution is 5.82. The fourth-order valence-corrected chi connectivity index (χ4v) is 1.12. The van der Waals surface area contributed by atoms with Gasteiger partial charge >= 0.3 is 5.97 Å². The van der Waals surface area contributed by atoms with Crippen molar-refractivity contribution in [3.05, 3.63) is 36.0 Å². The van der Waals surface area contributed by atoms with Crippen LogP contribution in [0.1, 0.15) is 34.1 Å². The largest absolute Gasteiger partial charge is 0.455 e. The lowest BCUT2D eigenvalue weighted by atomic mass is 10.2. The highest BCUT2D eigenvalue weighted by atomic mass is 16.5. The molecule has 0 fully saturated rings. The van der Waals surface area contributed by atoms with Gasteiger partial charge < -0.3 is 4.74 Å². The molecule has 0 aliphatic rings. The number of carbonyl (C=O) groups excluding carboxylic acids is 1. The molecule has 0 radical (unpaired) electrons. The predicted octanol–water partition coefficient (Wildman–Crippen LogP) is 3.41. The van der Waals surface area contributed by atoms with Crippen molar-refractivity contribution in [2.45, 2.75) is 40.2 Å². The SMILES string of the molecule is C/C=C\[C@@H](C)OC(=O)/C=C/C(C)=C/CC. The van der Waals surface area contributed by atoms with Crippen molar-refractivity contribution in [3.8, 4) is 0 Å². The van der Waals surface area contributed by atoms with Crippen LogP contribution >= 0.6 is 0 Å². The summed E-state index contributed by atoms with van der Waals surface area (Å²) in [6, 6.07) is 0. The molecule has 15 heavy (non-hydrogen) atoms. The maximum absolute atomic E-state index is 11.3. The molecule has 0 amide bonds. The minimum atomic E-state index is -0.301. The molecule has 0 aliphatic carbocycles. The van der Waals surface area contributed by atoms with Gasteiger partial charge in [0.25, 0.3) is 0 Å². The molecule has 0 spiro atoms. The van der Waals surface area contributed by atoms with E-state index in [1.165, 1.54) is 6.08 Å². The third-order valence-electron chi connectivity index (χ3n) is 1.77. The summed E-state index contributed by atoms with van der Waals surface area (Å²) in [5, 5.41) is 0. The van der Waals surface area contributed by atoms with E-state index in [4.69, 9.17) is 4.74 Å². The van der Waals surface area contributed by atoms with Gasteiger partial charge in [-0.15, -0.1) is 0 Å². The van der Waals surface area contributed by atoms with Gasteiger partial charge in [-0.3, -0.25) is 0 Å². The minimum Gasteiger partial charge on any atom is -0.455 e. The first-order chi connectivity index (χ1) is 7.10. The van der Waals surface area contributed by atoms with Gasteiger partial charge in [0.05, 0.1) is 0 Å². The molecular formula is C13H20O2. The summed E-state index contributed by atoms with van der Waals surface area (Å²) >= 11 is 0. The Hall–Kier alpha value is -1.31. The third kappa shape index (κ3) is 7.74. The van der Waals surface area contributed by atoms with Gasteiger partial charge in [-0.25, -0.2) is 4.79 Å². The van der Waals surface area contributed by atoms with Gasteiger partial charge in [0.2, 0.25) is 0 Å². The summed E-state index contributed by atoms with van der Waals surface area (Å²) in [6.45, 7) is 7.75. The highest BCUT2D eigenvalue weighted by Crippen LogP contribution is 1.99. The Morgan fingerprint density at radius 1 is 1.40 bits per heavy atom. The molecular weight excluding hydrogens is 188 g/mol. The van der Waals surface area contributed by atoms with Gasteiger partial charge in [0.15, 0.2) is 0 Å². The van der Waals surface area contributed by atoms with Crippen molar-refractivity contribution in [2.75, 3.05) is 0 Å². The van der Waals surface area contributed by atoms with Crippen LogP contribution < -0.4 is 0 Å². The Morgan fingerprint density at radius 2 is 2.07 bits per heavy atom. The lowest BCUT2D eigenvalue weighted by molar-refractivity contribution is -0.140. The lowest BCUT2D eigenvalue weighted by Crippen LogP contribution is -2.09. The molecule has 0 rings (SSSR count). The standard InChI is InChI=1S/C13H20O2/c1-5-7-11(3)9-10-13(14)15-12(4)8-6-2/h6-10,12H,5H2,1-4H3/b8-6-,10-9+,11-7+/t12-/m1/s1. The molecule has 0 aromatic rings. The maximum atomic E-state index is 11.3. The lowest BCUT2D eigenvalue weighted by Gasteiger charge is -2.05. The highest BCUT2D eigenvalue weighted by Gasteiger charge is 2.01. The molecule has 0 N–H and O–H groups in total. The van der Waals surface area contributed by atoms with E-state index in [1.54, 1.807) is 6.08 Å². The number of carbonyl (C=O) groups is 1. The zero-order chi connectivity index (χ0) is 11.7. The number of rotatable bonds is 5. The summed E-state index contributed by atoms with van der Waals surface area (Å²) in [4.78, 5) is 11.3. The van der Waals surface area contributed by atoms with Crippen molar-refractivity contribution in [2.24, 2.45) is 0 Å². The second-order valence-corrected chi connectivity index (χ2v) is 3.36. The van der Waals surface area contributed by atoms with Crippen molar-refractivity contribution >= 4 is 5.97 Å². The molecule has 0 aliphatic heterocycles. The van der Waals surface area contributed by atoms with Crippen molar-refractivity contribution in [3.63, 3.8) is 0 Å². The van der Waals surface area contributed by atoms with Crippen LogP contribution in [0.15, 0.2) is 36.0 Å². The second-order valence-electron chi connectivity index (χ2n) is 3.36. The molecule has 0 bridgehead atoms. The van der Waals surface area contributed by atoms with Crippen LogP contribution in [0.3, 0.4) is 0 Å². The van der Waals surface area contributed by atoms with Crippen LogP contribution in [-0.2, 0) is 9.53 Å². The Balaban J connectivity index is 4.09. The van der Waals surface area contributed by atoms with Crippen LogP contribution in [0, 0.1) is 0 Å². The van der Waals surface area contributed by atoms with Gasteiger partial charge in [-0.05, 0) is 33.3 Å². The van der Waals surface area contributed by atoms with E-state index < -0.39 is 0 Å². The van der Waals surface area contributed by atoms with Crippen LogP contribution in [0.2, 0.25) is 0 Å². The van der Waals surface area contributed by atoms with E-state index in [0.29, 0.717) is 0 Å². The van der Waals surface area contributed by atoms with Crippen molar-refractivity contribution in [1.29, 1.82) is 0 Å². The van der Waals surface area contributed by atoms with E-state index in [9.17, 15) is 4.79 Å². The summed E-state index contributed by atoms with van der Waals surface area (Å²) in [5.41, 5.74) is 1.08. The second kappa shape index (κ2) is 8.04. The smallest absolute Gasteiger partial charge is 0.331 e. The van der Waals surface area contributed by atoms with Crippen molar-refractivity contribution < 1.29 is 9.53 Å². The average Bonchev–Trinajstić information content (AvgIpc) is 2.15. The van der Waals surface area contributed by atoms with Crippen LogP contribution in [0.4, 0.5) is 0 Å². The van der Waals surface area contributed by atoms with E-state index in [1.807, 2.05) is 32.9 Å². The van der Waals surface area contributed by atoms with Crippen LogP contribution in [-0.4, -0.2) is 12.1 Å². The summed E-state index contributed by atoms with van der Waals surface area (Å²) < 4.78 is 5.08. The van der Waals surface area contributed by atoms with E-state index in [0.717, 1.165) is 12.0 Å². The average molecular weight is 208 g/mol. The Kier molecular flexibility index (Phi) is 7.33. The van der Waals surface area contributed by atoms with Gasteiger partial charge in [0.1, 0.15) is 6.10 Å². The molecule has 0 heterocycles. The topological polar surface area (TPSA) is 26.3 Å². The first-order valence-electron chi connectivity index (χ1n) is 5.28. The minimum absolute atomic E-state index is 0.164. The first kappa shape index (κ1) is 13.7. The molecule has 0 aromatic heterocycles. The molecule has 1 atom stereocenters. The number of ether oxygens (including phenoxy) is 1. The first-order valence-corrected chi connectivity index (χ1v) is 5.28.